The molecule has 0 aromatic carbocycles. The number of likely N-dealkylation sites (N-methyl/N-ethyl adjacent to an activating group) is 1. The van der Waals surface area contributed by atoms with Gasteiger partial charge in [-0.05, 0) is 12.1 Å². The molecule has 1 N–H and O–H groups in total. The van der Waals surface area contributed by atoms with Gasteiger partial charge >= 0.3 is 0 Å². The molecular formula is C7H13N5O2. The fraction of sp³-hybridized carbons (Fsp3) is 0.714. The minimum atomic E-state index is -0.265. The van der Waals surface area contributed by atoms with E-state index in [1.807, 2.05) is 6.92 Å². The molecule has 0 saturated heterocycles. The Balaban J connectivity index is 2.37. The Morgan fingerprint density at radius 3 is 3.00 bits per heavy atom. The van der Waals surface area contributed by atoms with E-state index in [9.17, 15) is 4.79 Å². The number of carbonyl (C=O) groups excluding carboxylic acids is 1. The van der Waals surface area contributed by atoms with Crippen molar-refractivity contribution >= 4 is 5.91 Å². The fourth-order valence-corrected chi connectivity index (χ4v) is 0.870. The van der Waals surface area contributed by atoms with Crippen LogP contribution in [0.4, 0.5) is 0 Å². The van der Waals surface area contributed by atoms with Gasteiger partial charge in [-0.1, -0.05) is 0 Å². The van der Waals surface area contributed by atoms with Crippen molar-refractivity contribution in [3.05, 3.63) is 5.82 Å². The van der Waals surface area contributed by atoms with Crippen LogP contribution >= 0.6 is 0 Å². The average molecular weight is 199 g/mol. The van der Waals surface area contributed by atoms with E-state index in [1.165, 1.54) is 4.90 Å². The number of tetrazole rings is 1. The summed E-state index contributed by atoms with van der Waals surface area (Å²) in [6.45, 7) is 3.57. The van der Waals surface area contributed by atoms with E-state index >= 15 is 0 Å². The smallest absolute Gasteiger partial charge is 0.295 e. The normalized spacial score (nSPS) is 10.1. The molecule has 1 heterocycles. The maximum Gasteiger partial charge on any atom is 0.295 e. The zero-order valence-corrected chi connectivity index (χ0v) is 8.23. The molecule has 0 fully saturated rings. The molecule has 0 bridgehead atoms. The van der Waals surface area contributed by atoms with Gasteiger partial charge in [-0.3, -0.25) is 4.79 Å². The van der Waals surface area contributed by atoms with Gasteiger partial charge in [-0.2, -0.15) is 5.21 Å². The summed E-state index contributed by atoms with van der Waals surface area (Å²) in [5.74, 6) is -0.192. The lowest BCUT2D eigenvalue weighted by Crippen LogP contribution is -2.31. The molecule has 0 unspecified atom stereocenters. The molecule has 7 nitrogen and oxygen atoms in total. The Labute approximate surface area is 81.4 Å². The number of nitrogens with one attached hydrogen (secondary N) is 1. The topological polar surface area (TPSA) is 84.0 Å². The Morgan fingerprint density at radius 2 is 2.43 bits per heavy atom. The van der Waals surface area contributed by atoms with Crippen LogP contribution in [-0.2, 0) is 4.74 Å². The highest BCUT2D eigenvalue weighted by atomic mass is 16.5. The number of hydrogen-bond donors (Lipinski definition) is 1. The summed E-state index contributed by atoms with van der Waals surface area (Å²) in [7, 11) is 1.66. The first-order chi connectivity index (χ1) is 6.75. The summed E-state index contributed by atoms with van der Waals surface area (Å²) in [4.78, 5) is 13.0. The lowest BCUT2D eigenvalue weighted by molar-refractivity contribution is 0.0699. The van der Waals surface area contributed by atoms with Crippen molar-refractivity contribution in [3.63, 3.8) is 0 Å². The standard InChI is InChI=1S/C7H13N5O2/c1-3-14-5-4-12(2)7(13)6-8-10-11-9-6/h3-5H2,1-2H3,(H,8,9,10,11). The van der Waals surface area contributed by atoms with E-state index in [0.717, 1.165) is 0 Å². The number of amides is 1. The molecule has 0 spiro atoms. The predicted octanol–water partition coefficient (Wildman–Crippen LogP) is -0.692. The number of nitrogens with zero attached hydrogens (tertiary/aromatic N) is 4. The summed E-state index contributed by atoms with van der Waals surface area (Å²) < 4.78 is 5.11. The summed E-state index contributed by atoms with van der Waals surface area (Å²) >= 11 is 0. The highest BCUT2D eigenvalue weighted by molar-refractivity contribution is 5.89. The molecule has 14 heavy (non-hydrogen) atoms. The van der Waals surface area contributed by atoms with E-state index in [4.69, 9.17) is 4.74 Å². The molecule has 0 saturated carbocycles. The van der Waals surface area contributed by atoms with Gasteiger partial charge < -0.3 is 9.64 Å². The Kier molecular flexibility index (Phi) is 3.99. The summed E-state index contributed by atoms with van der Waals surface area (Å²) in [6.07, 6.45) is 0. The minimum Gasteiger partial charge on any atom is -0.380 e. The third kappa shape index (κ3) is 2.77. The number of hydrogen-bond acceptors (Lipinski definition) is 5. The molecule has 0 aliphatic heterocycles. The zero-order valence-electron chi connectivity index (χ0n) is 8.23. The van der Waals surface area contributed by atoms with Crippen LogP contribution in [0.5, 0.6) is 0 Å². The first kappa shape index (κ1) is 10.6. The van der Waals surface area contributed by atoms with E-state index in [1.54, 1.807) is 7.05 Å². The molecule has 0 radical (unpaired) electrons. The number of H-pyrrole nitrogens is 1. The molecular weight excluding hydrogens is 186 g/mol. The first-order valence-corrected chi connectivity index (χ1v) is 4.32. The maximum absolute atomic E-state index is 11.5. The molecule has 0 atom stereocenters. The monoisotopic (exact) mass is 199 g/mol. The summed E-state index contributed by atoms with van der Waals surface area (Å²) in [6, 6.07) is 0. The second-order valence-electron chi connectivity index (χ2n) is 2.66. The third-order valence-corrected chi connectivity index (χ3v) is 1.66. The van der Waals surface area contributed by atoms with Gasteiger partial charge in [-0.15, -0.1) is 10.2 Å². The molecule has 78 valence electrons. The van der Waals surface area contributed by atoms with Crippen molar-refractivity contribution in [2.75, 3.05) is 26.8 Å². The lowest BCUT2D eigenvalue weighted by Gasteiger charge is -2.14. The third-order valence-electron chi connectivity index (χ3n) is 1.66. The van der Waals surface area contributed by atoms with Gasteiger partial charge in [-0.25, -0.2) is 0 Å². The second kappa shape index (κ2) is 5.28. The van der Waals surface area contributed by atoms with E-state index in [-0.39, 0.29) is 11.7 Å². The van der Waals surface area contributed by atoms with Crippen molar-refractivity contribution < 1.29 is 9.53 Å². The van der Waals surface area contributed by atoms with Crippen LogP contribution < -0.4 is 0 Å². The Hall–Kier alpha value is -1.50. The van der Waals surface area contributed by atoms with Crippen LogP contribution in [-0.4, -0.2) is 58.2 Å². The van der Waals surface area contributed by atoms with Gasteiger partial charge in [0.05, 0.1) is 6.61 Å². The molecule has 1 rings (SSSR count). The zero-order chi connectivity index (χ0) is 10.4. The van der Waals surface area contributed by atoms with Crippen LogP contribution in [0, 0.1) is 0 Å². The van der Waals surface area contributed by atoms with Crippen molar-refractivity contribution in [3.8, 4) is 0 Å². The van der Waals surface area contributed by atoms with Crippen LogP contribution in [0.15, 0.2) is 0 Å². The number of carbonyl (C=O) groups is 1. The number of rotatable bonds is 5. The largest absolute Gasteiger partial charge is 0.380 e. The highest BCUT2D eigenvalue weighted by Gasteiger charge is 2.15. The number of ether oxygens (including phenoxy) is 1. The Bertz CT molecular complexity index is 274. The highest BCUT2D eigenvalue weighted by Crippen LogP contribution is 1.93. The Morgan fingerprint density at radius 1 is 1.64 bits per heavy atom. The van der Waals surface area contributed by atoms with E-state index in [0.29, 0.717) is 19.8 Å². The minimum absolute atomic E-state index is 0.0731. The van der Waals surface area contributed by atoms with Crippen LogP contribution in [0.1, 0.15) is 17.5 Å². The second-order valence-corrected chi connectivity index (χ2v) is 2.66. The number of aromatic nitrogens is 4. The van der Waals surface area contributed by atoms with Gasteiger partial charge in [0.2, 0.25) is 0 Å². The SMILES string of the molecule is CCOCCN(C)C(=O)c1nn[nH]n1. The molecule has 1 amide bonds. The molecule has 1 aromatic rings. The molecule has 0 aliphatic carbocycles. The van der Waals surface area contributed by atoms with Gasteiger partial charge in [0.25, 0.3) is 11.7 Å². The van der Waals surface area contributed by atoms with Crippen molar-refractivity contribution in [2.24, 2.45) is 0 Å². The fourth-order valence-electron chi connectivity index (χ4n) is 0.870. The van der Waals surface area contributed by atoms with Crippen molar-refractivity contribution in [2.45, 2.75) is 6.92 Å². The van der Waals surface area contributed by atoms with Crippen LogP contribution in [0.2, 0.25) is 0 Å². The quantitative estimate of drug-likeness (QED) is 0.634. The van der Waals surface area contributed by atoms with E-state index in [2.05, 4.69) is 20.6 Å². The maximum atomic E-state index is 11.5. The lowest BCUT2D eigenvalue weighted by atomic mass is 10.5. The van der Waals surface area contributed by atoms with Crippen LogP contribution in [0.25, 0.3) is 0 Å². The molecule has 1 aromatic heterocycles. The van der Waals surface area contributed by atoms with Crippen molar-refractivity contribution in [1.82, 2.24) is 25.5 Å². The first-order valence-electron chi connectivity index (χ1n) is 4.32. The number of aromatic amines is 1. The summed E-state index contributed by atoms with van der Waals surface area (Å²) in [5, 5.41) is 12.7. The predicted molar refractivity (Wildman–Crippen MR) is 47.6 cm³/mol. The average Bonchev–Trinajstić information content (AvgIpc) is 2.69. The molecule has 7 heteroatoms. The van der Waals surface area contributed by atoms with Gasteiger partial charge in [0.15, 0.2) is 0 Å². The van der Waals surface area contributed by atoms with Crippen molar-refractivity contribution in [1.29, 1.82) is 0 Å². The molecule has 0 aliphatic rings. The van der Waals surface area contributed by atoms with Gasteiger partial charge in [0, 0.05) is 20.2 Å². The van der Waals surface area contributed by atoms with E-state index < -0.39 is 0 Å². The van der Waals surface area contributed by atoms with Crippen LogP contribution in [0.3, 0.4) is 0 Å². The van der Waals surface area contributed by atoms with Gasteiger partial charge in [0.1, 0.15) is 0 Å². The summed E-state index contributed by atoms with van der Waals surface area (Å²) in [5.41, 5.74) is 0.